The number of rotatable bonds is 2. The van der Waals surface area contributed by atoms with Gasteiger partial charge in [-0.25, -0.2) is 19.3 Å². The molecule has 1 saturated heterocycles. The van der Waals surface area contributed by atoms with Crippen LogP contribution in [0, 0.1) is 0 Å². The minimum absolute atomic E-state index is 0.149. The largest absolute Gasteiger partial charge is 0.394 e. The molecule has 0 radical (unpaired) electrons. The standard InChI is InChI=1S/C10H10ClFN4O3/c11-8-6-9(14-2-13-8)16(3-15-6)10-5(12)7(18)4(1-17)19-10/h2-5,7,10,17-18H,1H2. The van der Waals surface area contributed by atoms with Gasteiger partial charge in [-0.2, -0.15) is 0 Å². The number of hydrogen-bond acceptors (Lipinski definition) is 6. The van der Waals surface area contributed by atoms with Crippen LogP contribution in [-0.4, -0.2) is 54.7 Å². The highest BCUT2D eigenvalue weighted by Crippen LogP contribution is 2.33. The van der Waals surface area contributed by atoms with Crippen LogP contribution in [0.25, 0.3) is 11.2 Å². The summed E-state index contributed by atoms with van der Waals surface area (Å²) in [5.74, 6) is 0. The molecule has 4 unspecified atom stereocenters. The Morgan fingerprint density at radius 2 is 2.21 bits per heavy atom. The molecule has 0 bridgehead atoms. The summed E-state index contributed by atoms with van der Waals surface area (Å²) in [7, 11) is 0. The monoisotopic (exact) mass is 288 g/mol. The summed E-state index contributed by atoms with van der Waals surface area (Å²) in [5.41, 5.74) is 0.625. The fourth-order valence-corrected chi connectivity index (χ4v) is 2.26. The summed E-state index contributed by atoms with van der Waals surface area (Å²) < 4.78 is 20.6. The third kappa shape index (κ3) is 1.88. The zero-order valence-corrected chi connectivity index (χ0v) is 10.3. The summed E-state index contributed by atoms with van der Waals surface area (Å²) in [6.45, 7) is -0.472. The number of alkyl halides is 1. The van der Waals surface area contributed by atoms with Gasteiger partial charge in [0.05, 0.1) is 12.9 Å². The molecule has 0 amide bonds. The predicted molar refractivity (Wildman–Crippen MR) is 62.2 cm³/mol. The van der Waals surface area contributed by atoms with Gasteiger partial charge >= 0.3 is 0 Å². The summed E-state index contributed by atoms with van der Waals surface area (Å²) in [5, 5.41) is 18.8. The minimum atomic E-state index is -1.69. The number of hydrogen-bond donors (Lipinski definition) is 2. The van der Waals surface area contributed by atoms with Crippen LogP contribution >= 0.6 is 11.6 Å². The zero-order chi connectivity index (χ0) is 13.6. The lowest BCUT2D eigenvalue weighted by Crippen LogP contribution is -2.30. The van der Waals surface area contributed by atoms with Crippen LogP contribution in [-0.2, 0) is 4.74 Å². The van der Waals surface area contributed by atoms with E-state index in [9.17, 15) is 9.50 Å². The summed E-state index contributed by atoms with van der Waals surface area (Å²) in [4.78, 5) is 11.7. The lowest BCUT2D eigenvalue weighted by Gasteiger charge is -2.14. The Kier molecular flexibility index (Phi) is 3.09. The molecule has 3 heterocycles. The SMILES string of the molecule is OCC1OC(n2cnc3c(Cl)ncnc32)C(F)C1O. The number of nitrogens with zero attached hydrogens (tertiary/aromatic N) is 4. The maximum absolute atomic E-state index is 14.0. The summed E-state index contributed by atoms with van der Waals surface area (Å²) in [6, 6.07) is 0. The molecular formula is C10H10ClFN4O3. The lowest BCUT2D eigenvalue weighted by atomic mass is 10.1. The molecule has 0 aliphatic carbocycles. The fourth-order valence-electron chi connectivity index (χ4n) is 2.09. The maximum atomic E-state index is 14.0. The first-order valence-corrected chi connectivity index (χ1v) is 5.92. The van der Waals surface area contributed by atoms with Crippen molar-refractivity contribution in [3.63, 3.8) is 0 Å². The van der Waals surface area contributed by atoms with Gasteiger partial charge in [-0.3, -0.25) is 4.57 Å². The smallest absolute Gasteiger partial charge is 0.173 e. The fraction of sp³-hybridized carbons (Fsp3) is 0.500. The molecule has 1 aliphatic rings. The van der Waals surface area contributed by atoms with Gasteiger partial charge in [-0.05, 0) is 0 Å². The summed E-state index contributed by atoms with van der Waals surface area (Å²) >= 11 is 5.85. The predicted octanol–water partition coefficient (Wildman–Crippen LogP) is 0.0684. The van der Waals surface area contributed by atoms with Crippen LogP contribution in [0.4, 0.5) is 4.39 Å². The van der Waals surface area contributed by atoms with Gasteiger partial charge in [-0.1, -0.05) is 11.6 Å². The number of aliphatic hydroxyl groups excluding tert-OH is 2. The molecule has 2 aromatic rings. The quantitative estimate of drug-likeness (QED) is 0.760. The molecule has 0 aromatic carbocycles. The molecule has 1 fully saturated rings. The Bertz CT molecular complexity index is 609. The second-order valence-corrected chi connectivity index (χ2v) is 4.53. The number of halogens is 2. The van der Waals surface area contributed by atoms with E-state index in [1.807, 2.05) is 0 Å². The van der Waals surface area contributed by atoms with Crippen molar-refractivity contribution in [1.29, 1.82) is 0 Å². The Morgan fingerprint density at radius 3 is 2.89 bits per heavy atom. The second-order valence-electron chi connectivity index (χ2n) is 4.17. The van der Waals surface area contributed by atoms with Gasteiger partial charge in [-0.15, -0.1) is 0 Å². The van der Waals surface area contributed by atoms with Crippen LogP contribution < -0.4 is 0 Å². The van der Waals surface area contributed by atoms with Gasteiger partial charge in [0.15, 0.2) is 23.2 Å². The normalized spacial score (nSPS) is 31.2. The molecular weight excluding hydrogens is 279 g/mol. The Balaban J connectivity index is 2.04. The molecule has 2 N–H and O–H groups in total. The van der Waals surface area contributed by atoms with Gasteiger partial charge in [0.2, 0.25) is 0 Å². The third-order valence-electron chi connectivity index (χ3n) is 3.06. The molecule has 4 atom stereocenters. The average molecular weight is 289 g/mol. The molecule has 0 saturated carbocycles. The molecule has 2 aromatic heterocycles. The van der Waals surface area contributed by atoms with Gasteiger partial charge in [0.1, 0.15) is 24.1 Å². The van der Waals surface area contributed by atoms with E-state index < -0.39 is 31.2 Å². The first-order valence-electron chi connectivity index (χ1n) is 5.55. The van der Waals surface area contributed by atoms with E-state index in [1.54, 1.807) is 0 Å². The van der Waals surface area contributed by atoms with Crippen molar-refractivity contribution in [3.05, 3.63) is 17.8 Å². The third-order valence-corrected chi connectivity index (χ3v) is 3.34. The van der Waals surface area contributed by atoms with Crippen molar-refractivity contribution in [2.45, 2.75) is 24.6 Å². The van der Waals surface area contributed by atoms with E-state index in [0.29, 0.717) is 11.2 Å². The number of fused-ring (bicyclic) bond motifs is 1. The second kappa shape index (κ2) is 4.64. The molecule has 9 heteroatoms. The summed E-state index contributed by atoms with van der Waals surface area (Å²) in [6.07, 6.45) is -2.63. The molecule has 19 heavy (non-hydrogen) atoms. The Morgan fingerprint density at radius 1 is 1.42 bits per heavy atom. The van der Waals surface area contributed by atoms with Crippen LogP contribution in [0.1, 0.15) is 6.23 Å². The average Bonchev–Trinajstić information content (AvgIpc) is 2.94. The first kappa shape index (κ1) is 12.7. The molecule has 102 valence electrons. The minimum Gasteiger partial charge on any atom is -0.394 e. The number of aromatic nitrogens is 4. The zero-order valence-electron chi connectivity index (χ0n) is 9.52. The molecule has 3 rings (SSSR count). The number of ether oxygens (including phenoxy) is 1. The van der Waals surface area contributed by atoms with E-state index in [1.165, 1.54) is 17.2 Å². The van der Waals surface area contributed by atoms with E-state index in [2.05, 4.69) is 15.0 Å². The van der Waals surface area contributed by atoms with Gasteiger partial charge < -0.3 is 14.9 Å². The Hall–Kier alpha value is -1.35. The number of imidazole rings is 1. The lowest BCUT2D eigenvalue weighted by molar-refractivity contribution is -0.0459. The van der Waals surface area contributed by atoms with Crippen LogP contribution in [0.3, 0.4) is 0 Å². The van der Waals surface area contributed by atoms with Crippen molar-refractivity contribution in [2.24, 2.45) is 0 Å². The van der Waals surface area contributed by atoms with E-state index in [-0.39, 0.29) is 5.15 Å². The van der Waals surface area contributed by atoms with E-state index in [0.717, 1.165) is 0 Å². The molecule has 7 nitrogen and oxygen atoms in total. The first-order chi connectivity index (χ1) is 9.13. The maximum Gasteiger partial charge on any atom is 0.173 e. The van der Waals surface area contributed by atoms with Crippen LogP contribution in [0.5, 0.6) is 0 Å². The highest BCUT2D eigenvalue weighted by Gasteiger charge is 2.45. The van der Waals surface area contributed by atoms with E-state index >= 15 is 0 Å². The highest BCUT2D eigenvalue weighted by atomic mass is 35.5. The van der Waals surface area contributed by atoms with Crippen molar-refractivity contribution in [2.75, 3.05) is 6.61 Å². The van der Waals surface area contributed by atoms with Crippen LogP contribution in [0.15, 0.2) is 12.7 Å². The van der Waals surface area contributed by atoms with Gasteiger partial charge in [0, 0.05) is 0 Å². The highest BCUT2D eigenvalue weighted by molar-refractivity contribution is 6.33. The van der Waals surface area contributed by atoms with Crippen molar-refractivity contribution >= 4 is 22.8 Å². The van der Waals surface area contributed by atoms with Crippen LogP contribution in [0.2, 0.25) is 5.15 Å². The van der Waals surface area contributed by atoms with Crippen molar-refractivity contribution < 1.29 is 19.3 Å². The molecule has 0 spiro atoms. The van der Waals surface area contributed by atoms with Gasteiger partial charge in [0.25, 0.3) is 0 Å². The van der Waals surface area contributed by atoms with Crippen molar-refractivity contribution in [3.8, 4) is 0 Å². The topological polar surface area (TPSA) is 93.3 Å². The Labute approximate surface area is 111 Å². The van der Waals surface area contributed by atoms with E-state index in [4.69, 9.17) is 21.4 Å². The number of aliphatic hydroxyl groups is 2. The molecule has 1 aliphatic heterocycles. The van der Waals surface area contributed by atoms with Crippen molar-refractivity contribution in [1.82, 2.24) is 19.5 Å².